The average molecular weight is 249 g/mol. The average Bonchev–Trinajstić information content (AvgIpc) is 2.65. The first kappa shape index (κ1) is 12.2. The van der Waals surface area contributed by atoms with Crippen LogP contribution < -0.4 is 0 Å². The minimum absolute atomic E-state index is 0.227. The van der Waals surface area contributed by atoms with E-state index in [0.717, 1.165) is 12.1 Å². The molecule has 0 radical (unpaired) electrons. The van der Waals surface area contributed by atoms with Crippen LogP contribution in [0.2, 0.25) is 0 Å². The lowest BCUT2D eigenvalue weighted by molar-refractivity contribution is 0.563. The molecule has 0 atom stereocenters. The molecular weight excluding hydrogens is 230 g/mol. The highest BCUT2D eigenvalue weighted by Gasteiger charge is 2.32. The van der Waals surface area contributed by atoms with Crippen LogP contribution in [0, 0.1) is 6.92 Å². The van der Waals surface area contributed by atoms with E-state index in [0.29, 0.717) is 0 Å². The molecule has 0 amide bonds. The summed E-state index contributed by atoms with van der Waals surface area (Å²) in [5.41, 5.74) is 6.79. The van der Waals surface area contributed by atoms with E-state index in [-0.39, 0.29) is 5.41 Å². The molecule has 1 heterocycles. The van der Waals surface area contributed by atoms with Crippen LogP contribution in [0.15, 0.2) is 42.6 Å². The van der Waals surface area contributed by atoms with Crippen LogP contribution in [0.5, 0.6) is 0 Å². The van der Waals surface area contributed by atoms with E-state index in [4.69, 9.17) is 0 Å². The van der Waals surface area contributed by atoms with Crippen LogP contribution in [-0.2, 0) is 5.41 Å². The third kappa shape index (κ3) is 2.10. The van der Waals surface area contributed by atoms with Crippen LogP contribution in [0.3, 0.4) is 0 Å². The summed E-state index contributed by atoms with van der Waals surface area (Å²) in [7, 11) is 0. The Morgan fingerprint density at radius 2 is 1.89 bits per heavy atom. The van der Waals surface area contributed by atoms with Crippen LogP contribution >= 0.6 is 0 Å². The first-order valence-corrected chi connectivity index (χ1v) is 6.80. The lowest BCUT2D eigenvalue weighted by Gasteiger charge is -2.17. The summed E-state index contributed by atoms with van der Waals surface area (Å²) >= 11 is 0. The van der Waals surface area contributed by atoms with Gasteiger partial charge in [0.15, 0.2) is 0 Å². The zero-order valence-electron chi connectivity index (χ0n) is 11.8. The smallest absolute Gasteiger partial charge is 0.0661 e. The van der Waals surface area contributed by atoms with Crippen molar-refractivity contribution in [1.29, 1.82) is 0 Å². The Morgan fingerprint density at radius 1 is 1.11 bits per heavy atom. The van der Waals surface area contributed by atoms with Gasteiger partial charge in [-0.3, -0.25) is 4.98 Å². The molecule has 0 N–H and O–H groups in total. The highest BCUT2D eigenvalue weighted by Crippen LogP contribution is 2.45. The Kier molecular flexibility index (Phi) is 2.78. The predicted molar refractivity (Wildman–Crippen MR) is 80.9 cm³/mol. The van der Waals surface area contributed by atoms with E-state index in [1.54, 1.807) is 0 Å². The van der Waals surface area contributed by atoms with Gasteiger partial charge in [0.05, 0.1) is 5.69 Å². The number of rotatable bonds is 1. The highest BCUT2D eigenvalue weighted by molar-refractivity contribution is 5.86. The number of allylic oxidation sites excluding steroid dienone is 1. The van der Waals surface area contributed by atoms with Gasteiger partial charge in [-0.05, 0) is 53.2 Å². The number of aryl methyl sites for hydroxylation is 1. The molecule has 2 aromatic rings. The third-order valence-corrected chi connectivity index (χ3v) is 4.00. The number of nitrogens with zero attached hydrogens (tertiary/aromatic N) is 1. The van der Waals surface area contributed by atoms with Crippen molar-refractivity contribution in [3.63, 3.8) is 0 Å². The van der Waals surface area contributed by atoms with E-state index < -0.39 is 0 Å². The maximum absolute atomic E-state index is 4.49. The van der Waals surface area contributed by atoms with Gasteiger partial charge in [0.2, 0.25) is 0 Å². The number of benzene rings is 1. The van der Waals surface area contributed by atoms with Gasteiger partial charge in [-0.1, -0.05) is 44.2 Å². The molecule has 0 spiro atoms. The maximum atomic E-state index is 4.49. The first-order valence-electron chi connectivity index (χ1n) is 6.80. The summed E-state index contributed by atoms with van der Waals surface area (Å²) < 4.78 is 0. The number of hydrogen-bond acceptors (Lipinski definition) is 1. The summed E-state index contributed by atoms with van der Waals surface area (Å²) in [5, 5.41) is 0. The van der Waals surface area contributed by atoms with Gasteiger partial charge in [-0.15, -0.1) is 0 Å². The van der Waals surface area contributed by atoms with Crippen molar-refractivity contribution in [2.45, 2.75) is 32.6 Å². The number of fused-ring (bicyclic) bond motifs is 1. The second-order valence-corrected chi connectivity index (χ2v) is 5.98. The summed E-state index contributed by atoms with van der Waals surface area (Å²) in [6.45, 7) is 6.75. The van der Waals surface area contributed by atoms with Crippen molar-refractivity contribution in [1.82, 2.24) is 4.98 Å². The highest BCUT2D eigenvalue weighted by atomic mass is 14.7. The normalized spacial score (nSPS) is 18.6. The van der Waals surface area contributed by atoms with Gasteiger partial charge in [-0.25, -0.2) is 0 Å². The van der Waals surface area contributed by atoms with Crippen LogP contribution in [0.25, 0.3) is 11.6 Å². The lowest BCUT2D eigenvalue weighted by atomic mass is 9.86. The maximum Gasteiger partial charge on any atom is 0.0661 e. The molecule has 1 aliphatic rings. The molecule has 1 heteroatoms. The molecule has 0 fully saturated rings. The second-order valence-electron chi connectivity index (χ2n) is 5.98. The van der Waals surface area contributed by atoms with Gasteiger partial charge in [0, 0.05) is 6.20 Å². The van der Waals surface area contributed by atoms with Gasteiger partial charge in [0.1, 0.15) is 0 Å². The molecule has 96 valence electrons. The van der Waals surface area contributed by atoms with E-state index in [1.165, 1.54) is 22.3 Å². The summed E-state index contributed by atoms with van der Waals surface area (Å²) in [4.78, 5) is 4.49. The minimum atomic E-state index is 0.227. The van der Waals surface area contributed by atoms with Crippen LogP contribution in [0.4, 0.5) is 0 Å². The molecule has 0 aliphatic heterocycles. The summed E-state index contributed by atoms with van der Waals surface area (Å²) in [6, 6.07) is 12.8. The van der Waals surface area contributed by atoms with E-state index in [9.17, 15) is 0 Å². The van der Waals surface area contributed by atoms with Gasteiger partial charge >= 0.3 is 0 Å². The van der Waals surface area contributed by atoms with Crippen molar-refractivity contribution in [3.05, 3.63) is 65.0 Å². The van der Waals surface area contributed by atoms with Crippen molar-refractivity contribution in [2.24, 2.45) is 0 Å². The Balaban J connectivity index is 2.12. The molecule has 0 saturated heterocycles. The standard InChI is InChI=1S/C18H19N/c1-13-7-6-10-19-17(13)11-14-12-18(2,3)16-9-5-4-8-15(14)16/h4-11H,12H2,1-3H3/b14-11+. The fourth-order valence-corrected chi connectivity index (χ4v) is 2.96. The fourth-order valence-electron chi connectivity index (χ4n) is 2.96. The molecule has 0 saturated carbocycles. The zero-order valence-corrected chi connectivity index (χ0v) is 11.8. The monoisotopic (exact) mass is 249 g/mol. The molecule has 1 nitrogen and oxygen atoms in total. The van der Waals surface area contributed by atoms with Crippen LogP contribution in [-0.4, -0.2) is 4.98 Å². The van der Waals surface area contributed by atoms with Crippen molar-refractivity contribution in [3.8, 4) is 0 Å². The van der Waals surface area contributed by atoms with Crippen LogP contribution in [0.1, 0.15) is 42.7 Å². The van der Waals surface area contributed by atoms with E-state index in [2.05, 4.69) is 62.2 Å². The Hall–Kier alpha value is -1.89. The van der Waals surface area contributed by atoms with Gasteiger partial charge < -0.3 is 0 Å². The molecule has 0 unspecified atom stereocenters. The predicted octanol–water partition coefficient (Wildman–Crippen LogP) is 4.61. The number of aromatic nitrogens is 1. The number of hydrogen-bond donors (Lipinski definition) is 0. The van der Waals surface area contributed by atoms with Gasteiger partial charge in [0.25, 0.3) is 0 Å². The Morgan fingerprint density at radius 3 is 2.68 bits per heavy atom. The molecule has 19 heavy (non-hydrogen) atoms. The quantitative estimate of drug-likeness (QED) is 0.719. The van der Waals surface area contributed by atoms with Crippen molar-refractivity contribution < 1.29 is 0 Å². The van der Waals surface area contributed by atoms with Gasteiger partial charge in [-0.2, -0.15) is 0 Å². The molecule has 3 rings (SSSR count). The molecule has 1 aromatic carbocycles. The summed E-state index contributed by atoms with van der Waals surface area (Å²) in [5.74, 6) is 0. The zero-order chi connectivity index (χ0) is 13.5. The third-order valence-electron chi connectivity index (χ3n) is 4.00. The molecular formula is C18H19N. The van der Waals surface area contributed by atoms with E-state index >= 15 is 0 Å². The Bertz CT molecular complexity index is 650. The largest absolute Gasteiger partial charge is 0.257 e. The van der Waals surface area contributed by atoms with E-state index in [1.807, 2.05) is 12.3 Å². The minimum Gasteiger partial charge on any atom is -0.257 e. The Labute approximate surface area is 115 Å². The molecule has 1 aromatic heterocycles. The summed E-state index contributed by atoms with van der Waals surface area (Å²) in [6.07, 6.45) is 5.21. The SMILES string of the molecule is Cc1cccnc1/C=C1\CC(C)(C)c2ccccc21. The topological polar surface area (TPSA) is 12.9 Å². The first-order chi connectivity index (χ1) is 9.08. The molecule has 0 bridgehead atoms. The van der Waals surface area contributed by atoms with Crippen molar-refractivity contribution >= 4 is 11.6 Å². The molecule has 1 aliphatic carbocycles. The van der Waals surface area contributed by atoms with Crippen molar-refractivity contribution in [2.75, 3.05) is 0 Å². The second kappa shape index (κ2) is 4.34. The lowest BCUT2D eigenvalue weighted by Crippen LogP contribution is -2.11. The number of pyridine rings is 1. The fraction of sp³-hybridized carbons (Fsp3) is 0.278.